The molecule has 0 unspecified atom stereocenters. The van der Waals surface area contributed by atoms with Gasteiger partial charge < -0.3 is 10.5 Å². The normalized spacial score (nSPS) is 16.4. The average Bonchev–Trinajstić information content (AvgIpc) is 2.83. The van der Waals surface area contributed by atoms with E-state index in [1.165, 1.54) is 41.3 Å². The molecule has 0 saturated heterocycles. The van der Waals surface area contributed by atoms with E-state index in [9.17, 15) is 0 Å². The van der Waals surface area contributed by atoms with Crippen molar-refractivity contribution in [2.24, 2.45) is 0 Å². The third-order valence-electron chi connectivity index (χ3n) is 4.60. The van der Waals surface area contributed by atoms with E-state index in [1.54, 1.807) is 0 Å². The van der Waals surface area contributed by atoms with Crippen LogP contribution in [0.5, 0.6) is 0 Å². The van der Waals surface area contributed by atoms with Crippen LogP contribution in [0.25, 0.3) is 0 Å². The molecule has 24 heavy (non-hydrogen) atoms. The third-order valence-corrected chi connectivity index (χ3v) is 6.01. The quantitative estimate of drug-likeness (QED) is 0.849. The zero-order chi connectivity index (χ0) is 16.9. The monoisotopic (exact) mass is 347 g/mol. The summed E-state index contributed by atoms with van der Waals surface area (Å²) in [7, 11) is 0. The number of nitrogens with two attached hydrogens (primary N) is 1. The van der Waals surface area contributed by atoms with Crippen LogP contribution in [0.4, 0.5) is 5.82 Å². The van der Waals surface area contributed by atoms with Gasteiger partial charge in [0.15, 0.2) is 12.2 Å². The van der Waals surface area contributed by atoms with E-state index in [0.29, 0.717) is 5.82 Å². The second-order valence-electron chi connectivity index (χ2n) is 6.44. The standard InChI is InChI=1S/C18H27N4OS/c1-13-16-8-10-23-9-6-4-3-5-7-17(24-16)22(13)12-15-11-20-14(2)21-18(15)19/h11H,3-10,12H2,1-2H3,(H2,19,20,21)/q+1. The molecule has 1 aliphatic rings. The molecule has 130 valence electrons. The van der Waals surface area contributed by atoms with Crippen LogP contribution >= 0.6 is 11.3 Å². The van der Waals surface area contributed by atoms with Crippen LogP contribution in [0.1, 0.15) is 52.6 Å². The largest absolute Gasteiger partial charge is 0.383 e. The van der Waals surface area contributed by atoms with Crippen molar-refractivity contribution in [1.29, 1.82) is 0 Å². The summed E-state index contributed by atoms with van der Waals surface area (Å²) < 4.78 is 8.18. The summed E-state index contributed by atoms with van der Waals surface area (Å²) in [6, 6.07) is 0. The Kier molecular flexibility index (Phi) is 5.79. The summed E-state index contributed by atoms with van der Waals surface area (Å²) in [5.41, 5.74) is 8.44. The molecule has 2 N–H and O–H groups in total. The van der Waals surface area contributed by atoms with Crippen molar-refractivity contribution in [2.75, 3.05) is 18.9 Å². The zero-order valence-corrected chi connectivity index (χ0v) is 15.5. The number of nitrogen functional groups attached to an aromatic ring is 1. The van der Waals surface area contributed by atoms with Gasteiger partial charge in [-0.05, 0) is 19.8 Å². The Morgan fingerprint density at radius 2 is 2.00 bits per heavy atom. The Hall–Kier alpha value is -1.53. The first-order chi connectivity index (χ1) is 11.6. The van der Waals surface area contributed by atoms with E-state index >= 15 is 0 Å². The summed E-state index contributed by atoms with van der Waals surface area (Å²) in [5.74, 6) is 1.31. The molecule has 3 heterocycles. The van der Waals surface area contributed by atoms with Crippen LogP contribution in [0, 0.1) is 13.8 Å². The fourth-order valence-electron chi connectivity index (χ4n) is 3.14. The summed E-state index contributed by atoms with van der Waals surface area (Å²) in [6.45, 7) is 6.55. The predicted molar refractivity (Wildman–Crippen MR) is 96.2 cm³/mol. The van der Waals surface area contributed by atoms with Crippen molar-refractivity contribution < 1.29 is 9.30 Å². The third kappa shape index (κ3) is 4.11. The van der Waals surface area contributed by atoms with Gasteiger partial charge in [0.05, 0.1) is 17.0 Å². The van der Waals surface area contributed by atoms with Crippen LogP contribution < -0.4 is 10.3 Å². The second-order valence-corrected chi connectivity index (χ2v) is 7.61. The van der Waals surface area contributed by atoms with Gasteiger partial charge in [0.1, 0.15) is 11.6 Å². The molecular formula is C18H27N4OS+. The predicted octanol–water partition coefficient (Wildman–Crippen LogP) is 2.75. The van der Waals surface area contributed by atoms with E-state index in [-0.39, 0.29) is 0 Å². The number of fused-ring (bicyclic) bond motifs is 2. The minimum absolute atomic E-state index is 0.592. The first-order valence-corrected chi connectivity index (χ1v) is 9.63. The maximum Gasteiger partial charge on any atom is 0.237 e. The number of nitrogens with zero attached hydrogens (tertiary/aromatic N) is 3. The molecule has 2 aromatic rings. The van der Waals surface area contributed by atoms with Crippen molar-refractivity contribution in [2.45, 2.75) is 58.9 Å². The molecule has 0 atom stereocenters. The Morgan fingerprint density at radius 1 is 1.17 bits per heavy atom. The van der Waals surface area contributed by atoms with E-state index < -0.39 is 0 Å². The lowest BCUT2D eigenvalue weighted by Crippen LogP contribution is -2.40. The van der Waals surface area contributed by atoms with Gasteiger partial charge in [0.25, 0.3) is 0 Å². The highest BCUT2D eigenvalue weighted by Gasteiger charge is 2.24. The van der Waals surface area contributed by atoms with Crippen molar-refractivity contribution in [3.63, 3.8) is 0 Å². The number of ether oxygens (including phenoxy) is 1. The van der Waals surface area contributed by atoms with E-state index in [1.807, 2.05) is 24.5 Å². The summed E-state index contributed by atoms with van der Waals surface area (Å²) in [6.07, 6.45) is 8.94. The van der Waals surface area contributed by atoms with E-state index in [4.69, 9.17) is 10.5 Å². The van der Waals surface area contributed by atoms with Gasteiger partial charge in [0.2, 0.25) is 5.01 Å². The number of hydrogen-bond acceptors (Lipinski definition) is 5. The molecule has 2 bridgehead atoms. The molecule has 0 aliphatic carbocycles. The average molecular weight is 348 g/mol. The lowest BCUT2D eigenvalue weighted by Gasteiger charge is -2.04. The van der Waals surface area contributed by atoms with Gasteiger partial charge >= 0.3 is 0 Å². The van der Waals surface area contributed by atoms with Crippen LogP contribution in [-0.2, 0) is 24.1 Å². The van der Waals surface area contributed by atoms with E-state index in [2.05, 4.69) is 21.5 Å². The molecular weight excluding hydrogens is 320 g/mol. The zero-order valence-electron chi connectivity index (χ0n) is 14.7. The van der Waals surface area contributed by atoms with E-state index in [0.717, 1.165) is 44.0 Å². The Bertz CT molecular complexity index is 699. The van der Waals surface area contributed by atoms with Gasteiger partial charge in [-0.2, -0.15) is 4.57 Å². The maximum atomic E-state index is 6.11. The highest BCUT2D eigenvalue weighted by molar-refractivity contribution is 7.11. The minimum atomic E-state index is 0.592. The molecule has 0 radical (unpaired) electrons. The van der Waals surface area contributed by atoms with Gasteiger partial charge in [0, 0.05) is 32.6 Å². The van der Waals surface area contributed by atoms with Crippen molar-refractivity contribution >= 4 is 17.2 Å². The Morgan fingerprint density at radius 3 is 2.83 bits per heavy atom. The summed E-state index contributed by atoms with van der Waals surface area (Å²) in [5, 5.41) is 1.43. The molecule has 6 heteroatoms. The fraction of sp³-hybridized carbons (Fsp3) is 0.611. The van der Waals surface area contributed by atoms with Crippen LogP contribution in [0.15, 0.2) is 6.20 Å². The molecule has 2 aromatic heterocycles. The number of hydrogen-bond donors (Lipinski definition) is 1. The van der Waals surface area contributed by atoms with Crippen molar-refractivity contribution in [3.05, 3.63) is 33.2 Å². The first kappa shape index (κ1) is 17.3. The summed E-state index contributed by atoms with van der Waals surface area (Å²) in [4.78, 5) is 10.0. The van der Waals surface area contributed by atoms with Gasteiger partial charge in [-0.15, -0.1) is 0 Å². The number of aryl methyl sites for hydroxylation is 2. The maximum absolute atomic E-state index is 6.11. The van der Waals surface area contributed by atoms with Gasteiger partial charge in [-0.1, -0.05) is 24.2 Å². The van der Waals surface area contributed by atoms with Crippen molar-refractivity contribution in [3.8, 4) is 0 Å². The number of aromatic nitrogens is 3. The SMILES string of the molecule is Cc1ncc(C[n+]2c3sc(c2C)CCOCCCCCC3)c(N)n1. The molecule has 0 amide bonds. The smallest absolute Gasteiger partial charge is 0.237 e. The first-order valence-electron chi connectivity index (χ1n) is 8.82. The number of thiazole rings is 1. The lowest BCUT2D eigenvalue weighted by molar-refractivity contribution is -0.696. The molecule has 3 rings (SSSR count). The molecule has 0 fully saturated rings. The Balaban J connectivity index is 1.88. The molecule has 5 nitrogen and oxygen atoms in total. The van der Waals surface area contributed by atoms with Crippen LogP contribution in [0.3, 0.4) is 0 Å². The molecule has 1 aliphatic heterocycles. The summed E-state index contributed by atoms with van der Waals surface area (Å²) >= 11 is 1.93. The Labute approximate surface area is 147 Å². The molecule has 0 spiro atoms. The minimum Gasteiger partial charge on any atom is -0.383 e. The number of anilines is 1. The van der Waals surface area contributed by atoms with Gasteiger partial charge in [-0.25, -0.2) is 9.97 Å². The highest BCUT2D eigenvalue weighted by Crippen LogP contribution is 2.21. The van der Waals surface area contributed by atoms with Crippen molar-refractivity contribution in [1.82, 2.24) is 9.97 Å². The van der Waals surface area contributed by atoms with Gasteiger partial charge in [-0.3, -0.25) is 0 Å². The van der Waals surface area contributed by atoms with Crippen LogP contribution in [-0.4, -0.2) is 23.2 Å². The molecule has 0 saturated carbocycles. The second kappa shape index (κ2) is 8.03. The van der Waals surface area contributed by atoms with Crippen LogP contribution in [0.2, 0.25) is 0 Å². The lowest BCUT2D eigenvalue weighted by atomic mass is 10.1. The number of rotatable bonds is 2. The topological polar surface area (TPSA) is 64.9 Å². The fourth-order valence-corrected chi connectivity index (χ4v) is 4.42. The highest BCUT2D eigenvalue weighted by atomic mass is 32.1. The molecule has 0 aromatic carbocycles.